The van der Waals surface area contributed by atoms with E-state index in [4.69, 9.17) is 0 Å². The lowest BCUT2D eigenvalue weighted by atomic mass is 9.77. The molecule has 0 fully saturated rings. The molecule has 13 rings (SSSR count). The molecule has 0 bridgehead atoms. The average Bonchev–Trinajstić information content (AvgIpc) is 3.76. The van der Waals surface area contributed by atoms with Crippen LogP contribution in [0.3, 0.4) is 0 Å². The summed E-state index contributed by atoms with van der Waals surface area (Å²) in [5.74, 6) is 0. The van der Waals surface area contributed by atoms with Crippen LogP contribution in [0.25, 0.3) is 130 Å². The van der Waals surface area contributed by atoms with E-state index in [9.17, 15) is 0 Å². The molecule has 0 amide bonds. The molecule has 13 aromatic rings. The summed E-state index contributed by atoms with van der Waals surface area (Å²) in [5, 5.41) is 27.0. The minimum absolute atomic E-state index is 0.0127. The number of hydrogen-bond donors (Lipinski definition) is 0. The average molecular weight is 765 g/mol. The number of benzene rings is 11. The Morgan fingerprint density at radius 3 is 1.43 bits per heavy atom. The molecule has 0 saturated heterocycles. The Bertz CT molecular complexity index is 3910. The van der Waals surface area contributed by atoms with Crippen molar-refractivity contribution >= 4 is 108 Å². The molecule has 0 saturated carbocycles. The third kappa shape index (κ3) is 4.31. The van der Waals surface area contributed by atoms with E-state index in [0.29, 0.717) is 0 Å². The normalized spacial score (nSPS) is 13.2. The van der Waals surface area contributed by atoms with E-state index in [1.165, 1.54) is 141 Å². The van der Waals surface area contributed by atoms with Gasteiger partial charge >= 0.3 is 0 Å². The summed E-state index contributed by atoms with van der Waals surface area (Å²) in [6.07, 6.45) is 0. The second-order valence-corrected chi connectivity index (χ2v) is 19.5. The number of rotatable bonds is 2. The number of fused-ring (bicyclic) bond motifs is 10. The van der Waals surface area contributed by atoms with Gasteiger partial charge in [-0.15, -0.1) is 0 Å². The molecular formula is C60H44. The Kier molecular flexibility index (Phi) is 6.54. The van der Waals surface area contributed by atoms with Crippen molar-refractivity contribution in [2.45, 2.75) is 52.4 Å². The minimum Gasteiger partial charge on any atom is -0.0622 e. The molecule has 0 unspecified atom stereocenters. The molecule has 0 radical (unpaired) electrons. The molecule has 0 aliphatic carbocycles. The van der Waals surface area contributed by atoms with Crippen LogP contribution in [0.5, 0.6) is 0 Å². The third-order valence-electron chi connectivity index (χ3n) is 14.1. The van der Waals surface area contributed by atoms with E-state index < -0.39 is 0 Å². The quantitative estimate of drug-likeness (QED) is 0.121. The van der Waals surface area contributed by atoms with Crippen molar-refractivity contribution in [3.63, 3.8) is 0 Å². The first kappa shape index (κ1) is 34.1. The van der Waals surface area contributed by atoms with Crippen molar-refractivity contribution in [2.75, 3.05) is 0 Å². The summed E-state index contributed by atoms with van der Waals surface area (Å²) in [6.45, 7) is 14.2. The van der Waals surface area contributed by atoms with Crippen LogP contribution in [-0.4, -0.2) is 0 Å². The van der Waals surface area contributed by atoms with Crippen LogP contribution >= 0.6 is 0 Å². The van der Waals surface area contributed by atoms with Gasteiger partial charge in [0.1, 0.15) is 0 Å². The molecule has 0 nitrogen and oxygen atoms in total. The van der Waals surface area contributed by atoms with Gasteiger partial charge in [0.05, 0.1) is 0 Å². The highest BCUT2D eigenvalue weighted by Gasteiger charge is 2.30. The fourth-order valence-corrected chi connectivity index (χ4v) is 11.5. The Morgan fingerprint density at radius 2 is 0.767 bits per heavy atom. The maximum absolute atomic E-state index is 2.55. The van der Waals surface area contributed by atoms with Crippen LogP contribution in [0.15, 0.2) is 158 Å². The molecule has 0 spiro atoms. The third-order valence-corrected chi connectivity index (χ3v) is 14.1. The molecule has 60 heavy (non-hydrogen) atoms. The summed E-state index contributed by atoms with van der Waals surface area (Å²) >= 11 is 0. The molecule has 13 aromatic carbocycles. The zero-order valence-electron chi connectivity index (χ0n) is 35.0. The molecular weight excluding hydrogens is 721 g/mol. The molecule has 284 valence electrons. The van der Waals surface area contributed by atoms with Crippen molar-refractivity contribution < 1.29 is 0 Å². The van der Waals surface area contributed by atoms with Gasteiger partial charge < -0.3 is 0 Å². The molecule has 0 aliphatic heterocycles. The summed E-state index contributed by atoms with van der Waals surface area (Å²) in [7, 11) is 0. The van der Waals surface area contributed by atoms with Crippen LogP contribution < -0.4 is 0 Å². The zero-order valence-corrected chi connectivity index (χ0v) is 35.0. The Morgan fingerprint density at radius 1 is 0.267 bits per heavy atom. The molecule has 0 aromatic heterocycles. The summed E-state index contributed by atoms with van der Waals surface area (Å²) in [6, 6.07) is 60.7. The van der Waals surface area contributed by atoms with Gasteiger partial charge in [0.15, 0.2) is 0 Å². The summed E-state index contributed by atoms with van der Waals surface area (Å²) < 4.78 is 0. The minimum atomic E-state index is -0.0351. The van der Waals surface area contributed by atoms with Crippen LogP contribution in [0.1, 0.15) is 52.7 Å². The Labute approximate surface area is 349 Å². The van der Waals surface area contributed by atoms with E-state index in [1.807, 2.05) is 0 Å². The van der Waals surface area contributed by atoms with E-state index in [0.717, 1.165) is 0 Å². The van der Waals surface area contributed by atoms with Crippen LogP contribution in [0.2, 0.25) is 0 Å². The first-order valence-corrected chi connectivity index (χ1v) is 21.6. The summed E-state index contributed by atoms with van der Waals surface area (Å²) in [5.41, 5.74) is 7.93. The molecule has 0 heterocycles. The molecule has 0 heteroatoms. The monoisotopic (exact) mass is 764 g/mol. The SMILES string of the molecule is CC(C)(C)c1cc2ccc(C(C)(C)C)c3c4ccc5c6c(-c7ccccc7)c7c(cc8c9ccccc9c9cccc7c98)c(-c7ccccc7)c6c6ccc(c(c1)c23)c4c65. The van der Waals surface area contributed by atoms with Crippen molar-refractivity contribution in [1.82, 2.24) is 0 Å². The first-order valence-electron chi connectivity index (χ1n) is 21.6. The predicted molar refractivity (Wildman–Crippen MR) is 263 cm³/mol. The summed E-state index contributed by atoms with van der Waals surface area (Å²) in [4.78, 5) is 0. The second-order valence-electron chi connectivity index (χ2n) is 19.5. The Balaban J connectivity index is 1.35. The van der Waals surface area contributed by atoms with Crippen molar-refractivity contribution in [1.29, 1.82) is 0 Å². The molecule has 0 aliphatic rings. The van der Waals surface area contributed by atoms with Crippen molar-refractivity contribution in [3.8, 4) is 22.3 Å². The first-order chi connectivity index (χ1) is 29.1. The van der Waals surface area contributed by atoms with Gasteiger partial charge in [-0.1, -0.05) is 187 Å². The zero-order chi connectivity index (χ0) is 40.4. The second kappa shape index (κ2) is 11.5. The van der Waals surface area contributed by atoms with Crippen LogP contribution in [0.4, 0.5) is 0 Å². The van der Waals surface area contributed by atoms with E-state index in [-0.39, 0.29) is 10.8 Å². The van der Waals surface area contributed by atoms with Crippen molar-refractivity contribution in [3.05, 3.63) is 169 Å². The van der Waals surface area contributed by atoms with Crippen molar-refractivity contribution in [2.24, 2.45) is 0 Å². The van der Waals surface area contributed by atoms with Crippen LogP contribution in [-0.2, 0) is 10.8 Å². The lowest BCUT2D eigenvalue weighted by Gasteiger charge is -2.27. The van der Waals surface area contributed by atoms with Gasteiger partial charge in [0.25, 0.3) is 0 Å². The maximum atomic E-state index is 2.55. The van der Waals surface area contributed by atoms with Gasteiger partial charge in [0.2, 0.25) is 0 Å². The molecule has 0 N–H and O–H groups in total. The standard InChI is InChI=1S/C60H44/c1-59(2,3)36-30-35-24-29-48(60(4,5)6)56-42-27-28-44-54-43(26-25-40(53(42)54)45(31-36)50(35)56)57-49(33-16-9-7-10-17-33)47-32-46-38-21-14-13-20-37(38)39-22-15-23-41(52(39)46)55(47)51(58(44)57)34-18-11-8-12-19-34/h7-32H,1-6H3. The van der Waals surface area contributed by atoms with Gasteiger partial charge in [-0.25, -0.2) is 0 Å². The smallest absolute Gasteiger partial charge is 0.000718 e. The van der Waals surface area contributed by atoms with E-state index in [1.54, 1.807) is 0 Å². The molecule has 0 atom stereocenters. The van der Waals surface area contributed by atoms with Gasteiger partial charge in [0, 0.05) is 0 Å². The lowest BCUT2D eigenvalue weighted by Crippen LogP contribution is -2.13. The topological polar surface area (TPSA) is 0 Å². The van der Waals surface area contributed by atoms with E-state index in [2.05, 4.69) is 199 Å². The lowest BCUT2D eigenvalue weighted by molar-refractivity contribution is 0.591. The fraction of sp³-hybridized carbons (Fsp3) is 0.133. The Hall–Kier alpha value is -6.76. The predicted octanol–water partition coefficient (Wildman–Crippen LogP) is 17.5. The van der Waals surface area contributed by atoms with Gasteiger partial charge in [-0.2, -0.15) is 0 Å². The highest BCUT2D eigenvalue weighted by molar-refractivity contribution is 6.48. The maximum Gasteiger partial charge on any atom is -0.000718 e. The highest BCUT2D eigenvalue weighted by Crippen LogP contribution is 2.57. The number of hydrogen-bond acceptors (Lipinski definition) is 0. The van der Waals surface area contributed by atoms with Crippen LogP contribution in [0, 0.1) is 0 Å². The largest absolute Gasteiger partial charge is 0.0622 e. The highest BCUT2D eigenvalue weighted by atomic mass is 14.3. The fourth-order valence-electron chi connectivity index (χ4n) is 11.5. The van der Waals surface area contributed by atoms with Gasteiger partial charge in [-0.3, -0.25) is 0 Å². The van der Waals surface area contributed by atoms with E-state index >= 15 is 0 Å². The van der Waals surface area contributed by atoms with Gasteiger partial charge in [-0.05, 0) is 164 Å².